The molecule has 64 valence electrons. The third-order valence-electron chi connectivity index (χ3n) is 1.32. The second kappa shape index (κ2) is 3.82. The summed E-state index contributed by atoms with van der Waals surface area (Å²) in [7, 11) is 0. The average molecular weight is 166 g/mol. The largest absolute Gasteiger partial charge is 0.387 e. The number of aryl methyl sites for hydroxylation is 1. The van der Waals surface area contributed by atoms with E-state index < -0.39 is 12.5 Å². The van der Waals surface area contributed by atoms with E-state index in [4.69, 9.17) is 5.11 Å². The van der Waals surface area contributed by atoms with E-state index in [2.05, 4.69) is 10.3 Å². The molecule has 0 radical (unpaired) electrons. The first-order chi connectivity index (χ1) is 5.72. The minimum atomic E-state index is -0.518. The zero-order chi connectivity index (χ0) is 8.97. The highest BCUT2D eigenvalue weighted by Crippen LogP contribution is 2.02. The Balaban J connectivity index is 2.64. The van der Waals surface area contributed by atoms with Gasteiger partial charge < -0.3 is 10.4 Å². The van der Waals surface area contributed by atoms with Gasteiger partial charge in [-0.2, -0.15) is 0 Å². The maximum atomic E-state index is 10.7. The Morgan fingerprint density at radius 1 is 1.67 bits per heavy atom. The molecule has 1 aromatic heterocycles. The van der Waals surface area contributed by atoms with Crippen molar-refractivity contribution in [2.75, 3.05) is 11.9 Å². The van der Waals surface area contributed by atoms with E-state index in [9.17, 15) is 4.79 Å². The molecule has 0 atom stereocenters. The molecule has 0 saturated carbocycles. The van der Waals surface area contributed by atoms with E-state index in [-0.39, 0.29) is 0 Å². The SMILES string of the molecule is Cc1ccc(NC(=O)CO)nc1. The lowest BCUT2D eigenvalue weighted by Gasteiger charge is -2.00. The molecule has 1 heterocycles. The Morgan fingerprint density at radius 2 is 2.42 bits per heavy atom. The van der Waals surface area contributed by atoms with Gasteiger partial charge in [-0.3, -0.25) is 4.79 Å². The lowest BCUT2D eigenvalue weighted by Crippen LogP contribution is -2.16. The van der Waals surface area contributed by atoms with E-state index in [0.717, 1.165) is 5.56 Å². The Hall–Kier alpha value is -1.42. The minimum absolute atomic E-state index is 0.452. The molecular weight excluding hydrogens is 156 g/mol. The number of aromatic nitrogens is 1. The maximum Gasteiger partial charge on any atom is 0.251 e. The summed E-state index contributed by atoms with van der Waals surface area (Å²) in [5, 5.41) is 10.8. The number of nitrogens with one attached hydrogen (secondary N) is 1. The zero-order valence-electron chi connectivity index (χ0n) is 6.74. The molecule has 0 aromatic carbocycles. The Kier molecular flexibility index (Phi) is 2.76. The van der Waals surface area contributed by atoms with Crippen LogP contribution in [0.4, 0.5) is 5.82 Å². The van der Waals surface area contributed by atoms with Crippen LogP contribution in [0.5, 0.6) is 0 Å². The summed E-state index contributed by atoms with van der Waals surface area (Å²) in [6, 6.07) is 3.52. The van der Waals surface area contributed by atoms with E-state index in [1.54, 1.807) is 12.3 Å². The topological polar surface area (TPSA) is 62.2 Å². The van der Waals surface area contributed by atoms with E-state index in [0.29, 0.717) is 5.82 Å². The molecule has 1 amide bonds. The molecule has 0 fully saturated rings. The monoisotopic (exact) mass is 166 g/mol. The van der Waals surface area contributed by atoms with Gasteiger partial charge >= 0.3 is 0 Å². The second-order valence-corrected chi connectivity index (χ2v) is 2.43. The van der Waals surface area contributed by atoms with Crippen LogP contribution in [0.2, 0.25) is 0 Å². The molecule has 4 nitrogen and oxygen atoms in total. The highest BCUT2D eigenvalue weighted by molar-refractivity contribution is 5.90. The molecule has 1 aromatic rings. The maximum absolute atomic E-state index is 10.7. The average Bonchev–Trinajstić information content (AvgIpc) is 2.09. The number of carbonyl (C=O) groups excluding carboxylic acids is 1. The lowest BCUT2D eigenvalue weighted by atomic mass is 10.3. The van der Waals surface area contributed by atoms with Crippen LogP contribution >= 0.6 is 0 Å². The second-order valence-electron chi connectivity index (χ2n) is 2.43. The number of hydrogen-bond acceptors (Lipinski definition) is 3. The Morgan fingerprint density at radius 3 is 2.92 bits per heavy atom. The number of amides is 1. The molecule has 0 unspecified atom stereocenters. The first-order valence-electron chi connectivity index (χ1n) is 3.56. The molecule has 4 heteroatoms. The number of pyridine rings is 1. The molecule has 2 N–H and O–H groups in total. The number of aliphatic hydroxyl groups excluding tert-OH is 1. The Bertz CT molecular complexity index is 269. The highest BCUT2D eigenvalue weighted by Gasteiger charge is 1.98. The molecular formula is C8H10N2O2. The van der Waals surface area contributed by atoms with Crippen molar-refractivity contribution in [3.05, 3.63) is 23.9 Å². The third kappa shape index (κ3) is 2.32. The fourth-order valence-electron chi connectivity index (χ4n) is 0.724. The predicted octanol–water partition coefficient (Wildman–Crippen LogP) is 0.321. The normalized spacial score (nSPS) is 9.50. The van der Waals surface area contributed by atoms with Gasteiger partial charge in [0.2, 0.25) is 0 Å². The quantitative estimate of drug-likeness (QED) is 0.665. The third-order valence-corrected chi connectivity index (χ3v) is 1.32. The summed E-state index contributed by atoms with van der Waals surface area (Å²) < 4.78 is 0. The fraction of sp³-hybridized carbons (Fsp3) is 0.250. The molecule has 0 aliphatic carbocycles. The van der Waals surface area contributed by atoms with Gasteiger partial charge in [0.15, 0.2) is 0 Å². The van der Waals surface area contributed by atoms with Gasteiger partial charge in [-0.1, -0.05) is 6.07 Å². The minimum Gasteiger partial charge on any atom is -0.387 e. The number of hydrogen-bond donors (Lipinski definition) is 2. The lowest BCUT2D eigenvalue weighted by molar-refractivity contribution is -0.118. The van der Waals surface area contributed by atoms with Gasteiger partial charge in [0, 0.05) is 6.20 Å². The zero-order valence-corrected chi connectivity index (χ0v) is 6.74. The van der Waals surface area contributed by atoms with E-state index in [1.165, 1.54) is 0 Å². The van der Waals surface area contributed by atoms with Crippen LogP contribution in [0.15, 0.2) is 18.3 Å². The molecule has 0 bridgehead atoms. The summed E-state index contributed by atoms with van der Waals surface area (Å²) in [6.45, 7) is 1.39. The highest BCUT2D eigenvalue weighted by atomic mass is 16.3. The number of aliphatic hydroxyl groups is 1. The van der Waals surface area contributed by atoms with Crippen molar-refractivity contribution in [3.63, 3.8) is 0 Å². The van der Waals surface area contributed by atoms with Gasteiger partial charge in [0.05, 0.1) is 0 Å². The van der Waals surface area contributed by atoms with Crippen molar-refractivity contribution in [1.29, 1.82) is 0 Å². The number of carbonyl (C=O) groups is 1. The molecule has 0 saturated heterocycles. The standard InChI is InChI=1S/C8H10N2O2/c1-6-2-3-7(9-4-6)10-8(12)5-11/h2-4,11H,5H2,1H3,(H,9,10,12). The van der Waals surface area contributed by atoms with Crippen LogP contribution in [0.3, 0.4) is 0 Å². The van der Waals surface area contributed by atoms with Crippen LogP contribution in [0.25, 0.3) is 0 Å². The molecule has 0 spiro atoms. The van der Waals surface area contributed by atoms with Gasteiger partial charge in [-0.25, -0.2) is 4.98 Å². The first-order valence-corrected chi connectivity index (χ1v) is 3.56. The van der Waals surface area contributed by atoms with Gasteiger partial charge in [-0.15, -0.1) is 0 Å². The van der Waals surface area contributed by atoms with Gasteiger partial charge in [-0.05, 0) is 18.6 Å². The van der Waals surface area contributed by atoms with Crippen molar-refractivity contribution in [3.8, 4) is 0 Å². The summed E-state index contributed by atoms with van der Waals surface area (Å²) >= 11 is 0. The number of rotatable bonds is 2. The van der Waals surface area contributed by atoms with Crippen LogP contribution in [0.1, 0.15) is 5.56 Å². The first kappa shape index (κ1) is 8.67. The van der Waals surface area contributed by atoms with Crippen molar-refractivity contribution in [2.24, 2.45) is 0 Å². The van der Waals surface area contributed by atoms with Crippen LogP contribution < -0.4 is 5.32 Å². The summed E-state index contributed by atoms with van der Waals surface area (Å²) in [5.74, 6) is 0.00556. The van der Waals surface area contributed by atoms with E-state index >= 15 is 0 Å². The predicted molar refractivity (Wildman–Crippen MR) is 44.7 cm³/mol. The van der Waals surface area contributed by atoms with Crippen molar-refractivity contribution in [1.82, 2.24) is 4.98 Å². The molecule has 12 heavy (non-hydrogen) atoms. The van der Waals surface area contributed by atoms with Crippen molar-refractivity contribution < 1.29 is 9.90 Å². The van der Waals surface area contributed by atoms with E-state index in [1.807, 2.05) is 13.0 Å². The molecule has 0 aliphatic rings. The van der Waals surface area contributed by atoms with Gasteiger partial charge in [0.1, 0.15) is 12.4 Å². The van der Waals surface area contributed by atoms with Gasteiger partial charge in [0.25, 0.3) is 5.91 Å². The van der Waals surface area contributed by atoms with Crippen LogP contribution in [-0.2, 0) is 4.79 Å². The number of anilines is 1. The summed E-state index contributed by atoms with van der Waals surface area (Å²) in [4.78, 5) is 14.6. The smallest absolute Gasteiger partial charge is 0.251 e. The van der Waals surface area contributed by atoms with Crippen molar-refractivity contribution in [2.45, 2.75) is 6.92 Å². The summed E-state index contributed by atoms with van der Waals surface area (Å²) in [5.41, 5.74) is 1.02. The molecule has 0 aliphatic heterocycles. The Labute approximate surface area is 70.3 Å². The van der Waals surface area contributed by atoms with Crippen LogP contribution in [0, 0.1) is 6.92 Å². The van der Waals surface area contributed by atoms with Crippen molar-refractivity contribution >= 4 is 11.7 Å². The molecule has 1 rings (SSSR count). The number of nitrogens with zero attached hydrogens (tertiary/aromatic N) is 1. The van der Waals surface area contributed by atoms with Crippen LogP contribution in [-0.4, -0.2) is 22.6 Å². The fourth-order valence-corrected chi connectivity index (χ4v) is 0.724. The summed E-state index contributed by atoms with van der Waals surface area (Å²) in [6.07, 6.45) is 1.65.